The van der Waals surface area contributed by atoms with Crippen LogP contribution < -0.4 is 9.64 Å². The lowest BCUT2D eigenvalue weighted by molar-refractivity contribution is 0.0734. The first-order valence-corrected chi connectivity index (χ1v) is 9.21. The van der Waals surface area contributed by atoms with Crippen LogP contribution in [0.15, 0.2) is 60.7 Å². The highest BCUT2D eigenvalue weighted by Gasteiger charge is 2.38. The smallest absolute Gasteiger partial charge is 0.343 e. The quantitative estimate of drug-likeness (QED) is 0.376. The molecule has 6 heteroatoms. The van der Waals surface area contributed by atoms with Crippen LogP contribution in [0.25, 0.3) is 0 Å². The van der Waals surface area contributed by atoms with Crippen molar-refractivity contribution in [1.29, 1.82) is 5.26 Å². The molecule has 1 aliphatic heterocycles. The van der Waals surface area contributed by atoms with Crippen molar-refractivity contribution < 1.29 is 19.1 Å². The molecule has 0 atom stereocenters. The van der Waals surface area contributed by atoms with Gasteiger partial charge in [-0.25, -0.2) is 9.69 Å². The molecule has 0 aliphatic carbocycles. The predicted octanol–water partition coefficient (Wildman–Crippen LogP) is 4.19. The van der Waals surface area contributed by atoms with Gasteiger partial charge in [0.2, 0.25) is 0 Å². The zero-order chi connectivity index (χ0) is 21.4. The van der Waals surface area contributed by atoms with Crippen molar-refractivity contribution in [3.63, 3.8) is 0 Å². The molecule has 146 valence electrons. The molecule has 0 N–H and O–H groups in total. The van der Waals surface area contributed by atoms with Gasteiger partial charge < -0.3 is 4.74 Å². The van der Waals surface area contributed by atoms with Crippen molar-refractivity contribution in [1.82, 2.24) is 0 Å². The second kappa shape index (κ2) is 7.30. The Labute approximate surface area is 172 Å². The number of nitriles is 1. The number of anilines is 1. The molecule has 0 saturated carbocycles. The average molecular weight is 396 g/mol. The molecule has 0 spiro atoms. The minimum Gasteiger partial charge on any atom is -0.423 e. The van der Waals surface area contributed by atoms with Crippen molar-refractivity contribution >= 4 is 23.5 Å². The van der Waals surface area contributed by atoms with Crippen molar-refractivity contribution in [2.24, 2.45) is 0 Å². The first-order chi connectivity index (χ1) is 14.4. The normalized spacial score (nSPS) is 12.5. The highest BCUT2D eigenvalue weighted by molar-refractivity contribution is 6.35. The molecule has 4 rings (SSSR count). The van der Waals surface area contributed by atoms with E-state index < -0.39 is 17.8 Å². The number of hydrogen-bond acceptors (Lipinski definition) is 5. The van der Waals surface area contributed by atoms with E-state index in [9.17, 15) is 14.4 Å². The third-order valence-electron chi connectivity index (χ3n) is 4.92. The molecular formula is C24H16N2O4. The number of carbonyl (C=O) groups excluding carboxylic acids is 3. The number of nitrogens with zero attached hydrogens (tertiary/aromatic N) is 2. The van der Waals surface area contributed by atoms with Crippen LogP contribution in [0.1, 0.15) is 47.8 Å². The topological polar surface area (TPSA) is 87.5 Å². The van der Waals surface area contributed by atoms with E-state index >= 15 is 0 Å². The molecular weight excluding hydrogens is 380 g/mol. The Morgan fingerprint density at radius 2 is 1.60 bits per heavy atom. The molecule has 0 unspecified atom stereocenters. The van der Waals surface area contributed by atoms with Crippen LogP contribution in [0, 0.1) is 25.2 Å². The standard InChI is InChI=1S/C24H16N2O4/c1-14-3-4-15(2)21(11-14)26-22(27)19-10-7-17(12-20(19)23(26)28)24(29)30-18-8-5-16(13-25)6-9-18/h3-12H,1-2H3. The minimum atomic E-state index is -0.659. The highest BCUT2D eigenvalue weighted by atomic mass is 16.5. The predicted molar refractivity (Wildman–Crippen MR) is 110 cm³/mol. The van der Waals surface area contributed by atoms with Crippen LogP contribution in [0.4, 0.5) is 5.69 Å². The summed E-state index contributed by atoms with van der Waals surface area (Å²) < 4.78 is 5.31. The Morgan fingerprint density at radius 3 is 2.30 bits per heavy atom. The van der Waals surface area contributed by atoms with Crippen molar-refractivity contribution in [3.8, 4) is 11.8 Å². The Morgan fingerprint density at radius 1 is 0.900 bits per heavy atom. The van der Waals surface area contributed by atoms with Crippen LogP contribution in [-0.2, 0) is 0 Å². The fraction of sp³-hybridized carbons (Fsp3) is 0.0833. The molecule has 0 aromatic heterocycles. The first kappa shape index (κ1) is 19.1. The molecule has 0 fully saturated rings. The summed E-state index contributed by atoms with van der Waals surface area (Å²) in [6.07, 6.45) is 0. The molecule has 0 saturated heterocycles. The number of hydrogen-bond donors (Lipinski definition) is 0. The van der Waals surface area contributed by atoms with Gasteiger partial charge in [-0.3, -0.25) is 9.59 Å². The average Bonchev–Trinajstić information content (AvgIpc) is 3.00. The molecule has 6 nitrogen and oxygen atoms in total. The second-order valence-corrected chi connectivity index (χ2v) is 7.02. The maximum atomic E-state index is 13.0. The number of ether oxygens (including phenoxy) is 1. The van der Waals surface area contributed by atoms with E-state index in [0.29, 0.717) is 11.3 Å². The van der Waals surface area contributed by atoms with Crippen molar-refractivity contribution in [3.05, 3.63) is 94.0 Å². The summed E-state index contributed by atoms with van der Waals surface area (Å²) in [6, 6.07) is 18.0. The van der Waals surface area contributed by atoms with Crippen LogP contribution in [0.2, 0.25) is 0 Å². The summed E-state index contributed by atoms with van der Waals surface area (Å²) >= 11 is 0. The van der Waals surface area contributed by atoms with Gasteiger partial charge >= 0.3 is 5.97 Å². The summed E-state index contributed by atoms with van der Waals surface area (Å²) in [7, 11) is 0. The van der Waals surface area contributed by atoms with Gasteiger partial charge in [0.1, 0.15) is 5.75 Å². The number of aryl methyl sites for hydroxylation is 2. The summed E-state index contributed by atoms with van der Waals surface area (Å²) in [6.45, 7) is 3.72. The van der Waals surface area contributed by atoms with E-state index in [4.69, 9.17) is 10.00 Å². The third-order valence-corrected chi connectivity index (χ3v) is 4.92. The van der Waals surface area contributed by atoms with Gasteiger partial charge in [0.15, 0.2) is 0 Å². The number of imide groups is 1. The zero-order valence-corrected chi connectivity index (χ0v) is 16.3. The summed E-state index contributed by atoms with van der Waals surface area (Å²) in [4.78, 5) is 39.5. The lowest BCUT2D eigenvalue weighted by atomic mass is 10.1. The highest BCUT2D eigenvalue weighted by Crippen LogP contribution is 2.32. The van der Waals surface area contributed by atoms with Crippen molar-refractivity contribution in [2.75, 3.05) is 4.90 Å². The lowest BCUT2D eigenvalue weighted by Gasteiger charge is -2.17. The van der Waals surface area contributed by atoms with E-state index in [1.165, 1.54) is 42.5 Å². The Balaban J connectivity index is 1.63. The summed E-state index contributed by atoms with van der Waals surface area (Å²) in [5.74, 6) is -1.28. The number of fused-ring (bicyclic) bond motifs is 1. The van der Waals surface area contributed by atoms with Crippen LogP contribution >= 0.6 is 0 Å². The molecule has 0 bridgehead atoms. The minimum absolute atomic E-state index is 0.155. The molecule has 1 aliphatic rings. The van der Waals surface area contributed by atoms with Gasteiger partial charge in [-0.2, -0.15) is 5.26 Å². The maximum Gasteiger partial charge on any atom is 0.343 e. The van der Waals surface area contributed by atoms with E-state index in [1.807, 2.05) is 32.0 Å². The number of carbonyl (C=O) groups is 3. The van der Waals surface area contributed by atoms with Crippen molar-refractivity contribution in [2.45, 2.75) is 13.8 Å². The largest absolute Gasteiger partial charge is 0.423 e. The molecule has 3 aromatic carbocycles. The Bertz CT molecular complexity index is 1250. The molecule has 30 heavy (non-hydrogen) atoms. The fourth-order valence-corrected chi connectivity index (χ4v) is 3.31. The van der Waals surface area contributed by atoms with Gasteiger partial charge in [0.25, 0.3) is 11.8 Å². The van der Waals surface area contributed by atoms with Crippen LogP contribution in [0.3, 0.4) is 0 Å². The van der Waals surface area contributed by atoms with E-state index in [-0.39, 0.29) is 22.4 Å². The van der Waals surface area contributed by atoms with E-state index in [0.717, 1.165) is 16.0 Å². The van der Waals surface area contributed by atoms with Gasteiger partial charge in [0, 0.05) is 0 Å². The second-order valence-electron chi connectivity index (χ2n) is 7.02. The van der Waals surface area contributed by atoms with Gasteiger partial charge in [-0.15, -0.1) is 0 Å². The molecule has 2 amide bonds. The summed E-state index contributed by atoms with van der Waals surface area (Å²) in [5, 5.41) is 8.84. The Kier molecular flexibility index (Phi) is 4.65. The zero-order valence-electron chi connectivity index (χ0n) is 16.3. The fourth-order valence-electron chi connectivity index (χ4n) is 3.31. The van der Waals surface area contributed by atoms with Gasteiger partial charge in [0.05, 0.1) is 34.0 Å². The van der Waals surface area contributed by atoms with E-state index in [2.05, 4.69) is 0 Å². The van der Waals surface area contributed by atoms with Crippen LogP contribution in [0.5, 0.6) is 5.75 Å². The van der Waals surface area contributed by atoms with Gasteiger partial charge in [-0.05, 0) is 73.5 Å². The third kappa shape index (κ3) is 3.23. The Hall–Kier alpha value is -4.24. The SMILES string of the molecule is Cc1ccc(C)c(N2C(=O)c3ccc(C(=O)Oc4ccc(C#N)cc4)cc3C2=O)c1. The number of amides is 2. The number of rotatable bonds is 3. The molecule has 0 radical (unpaired) electrons. The van der Waals surface area contributed by atoms with Crippen LogP contribution in [-0.4, -0.2) is 17.8 Å². The number of esters is 1. The lowest BCUT2D eigenvalue weighted by Crippen LogP contribution is -2.30. The number of benzene rings is 3. The molecule has 3 aromatic rings. The van der Waals surface area contributed by atoms with Gasteiger partial charge in [-0.1, -0.05) is 12.1 Å². The maximum absolute atomic E-state index is 13.0. The first-order valence-electron chi connectivity index (χ1n) is 9.21. The monoisotopic (exact) mass is 396 g/mol. The molecule has 1 heterocycles. The summed E-state index contributed by atoms with van der Waals surface area (Å²) in [5.41, 5.74) is 3.27. The van der Waals surface area contributed by atoms with E-state index in [1.54, 1.807) is 6.07 Å².